The third-order valence-electron chi connectivity index (χ3n) is 1.47. The molecular weight excluding hydrogens is 136 g/mol. The number of hydrogen-bond donors (Lipinski definition) is 2. The Labute approximate surface area is 58.4 Å². The first-order chi connectivity index (χ1) is 4.75. The molecule has 0 heterocycles. The number of rotatable bonds is 4. The van der Waals surface area contributed by atoms with Gasteiger partial charge in [0, 0.05) is 0 Å². The summed E-state index contributed by atoms with van der Waals surface area (Å²) in [5.74, 6) is -1.13. The summed E-state index contributed by atoms with van der Waals surface area (Å²) >= 11 is 0. The average Bonchev–Trinajstić information content (AvgIpc) is 2.62. The molecule has 0 bridgehead atoms. The number of ether oxygens (including phenoxy) is 1. The van der Waals surface area contributed by atoms with Gasteiger partial charge < -0.3 is 14.9 Å². The molecular formula is C6H10O4. The summed E-state index contributed by atoms with van der Waals surface area (Å²) in [5, 5.41) is 16.7. The molecule has 2 N–H and O–H groups in total. The van der Waals surface area contributed by atoms with Crippen LogP contribution >= 0.6 is 0 Å². The fraction of sp³-hybridized carbons (Fsp3) is 0.833. The lowest BCUT2D eigenvalue weighted by molar-refractivity contribution is -0.139. The topological polar surface area (TPSA) is 66.8 Å². The monoisotopic (exact) mass is 146 g/mol. The van der Waals surface area contributed by atoms with Crippen molar-refractivity contribution in [2.45, 2.75) is 12.5 Å². The summed E-state index contributed by atoms with van der Waals surface area (Å²) in [6, 6.07) is 0. The summed E-state index contributed by atoms with van der Waals surface area (Å²) in [6.45, 7) is 0.206. The van der Waals surface area contributed by atoms with E-state index < -0.39 is 5.97 Å². The molecule has 1 rings (SSSR count). The number of carboxylic acids is 1. The Morgan fingerprint density at radius 1 is 1.70 bits per heavy atom. The maximum Gasteiger partial charge on any atom is 0.309 e. The van der Waals surface area contributed by atoms with E-state index in [0.717, 1.165) is 0 Å². The number of aliphatic carboxylic acids is 1. The van der Waals surface area contributed by atoms with Gasteiger partial charge in [-0.3, -0.25) is 4.79 Å². The Hall–Kier alpha value is -0.610. The van der Waals surface area contributed by atoms with Gasteiger partial charge in [-0.25, -0.2) is 0 Å². The van der Waals surface area contributed by atoms with Crippen LogP contribution in [0.5, 0.6) is 0 Å². The van der Waals surface area contributed by atoms with E-state index in [4.69, 9.17) is 14.9 Å². The van der Waals surface area contributed by atoms with Gasteiger partial charge in [0.2, 0.25) is 0 Å². The predicted molar refractivity (Wildman–Crippen MR) is 32.6 cm³/mol. The molecule has 0 amide bonds. The van der Waals surface area contributed by atoms with E-state index in [2.05, 4.69) is 0 Å². The fourth-order valence-corrected chi connectivity index (χ4v) is 0.820. The van der Waals surface area contributed by atoms with Crippen molar-refractivity contribution in [3.05, 3.63) is 0 Å². The van der Waals surface area contributed by atoms with Crippen LogP contribution in [0.4, 0.5) is 0 Å². The first-order valence-electron chi connectivity index (χ1n) is 3.21. The average molecular weight is 146 g/mol. The van der Waals surface area contributed by atoms with Crippen molar-refractivity contribution in [3.8, 4) is 0 Å². The Kier molecular flexibility index (Phi) is 2.24. The van der Waals surface area contributed by atoms with Gasteiger partial charge in [0.05, 0.1) is 25.2 Å². The van der Waals surface area contributed by atoms with E-state index >= 15 is 0 Å². The zero-order valence-electron chi connectivity index (χ0n) is 5.49. The first kappa shape index (κ1) is 7.50. The van der Waals surface area contributed by atoms with Crippen LogP contribution in [0.25, 0.3) is 0 Å². The summed E-state index contributed by atoms with van der Waals surface area (Å²) in [4.78, 5) is 10.2. The highest BCUT2D eigenvalue weighted by Gasteiger charge is 2.44. The lowest BCUT2D eigenvalue weighted by Crippen LogP contribution is -2.07. The fourth-order valence-electron chi connectivity index (χ4n) is 0.820. The van der Waals surface area contributed by atoms with Crippen LogP contribution in [0.3, 0.4) is 0 Å². The highest BCUT2D eigenvalue weighted by Crippen LogP contribution is 2.33. The third kappa shape index (κ3) is 1.68. The lowest BCUT2D eigenvalue weighted by atomic mass is 10.4. The van der Waals surface area contributed by atoms with E-state index in [1.54, 1.807) is 0 Å². The number of carbonyl (C=O) groups is 1. The molecule has 0 aliphatic heterocycles. The first-order valence-corrected chi connectivity index (χ1v) is 3.21. The van der Waals surface area contributed by atoms with E-state index in [0.29, 0.717) is 6.42 Å². The maximum atomic E-state index is 10.2. The normalized spacial score (nSPS) is 30.1. The van der Waals surface area contributed by atoms with Crippen molar-refractivity contribution in [2.75, 3.05) is 13.2 Å². The third-order valence-corrected chi connectivity index (χ3v) is 1.47. The van der Waals surface area contributed by atoms with Gasteiger partial charge in [-0.1, -0.05) is 0 Å². The summed E-state index contributed by atoms with van der Waals surface area (Å²) in [7, 11) is 0. The van der Waals surface area contributed by atoms with Crippen LogP contribution in [0.1, 0.15) is 6.42 Å². The van der Waals surface area contributed by atoms with E-state index in [-0.39, 0.29) is 25.2 Å². The molecule has 0 spiro atoms. The van der Waals surface area contributed by atoms with Crippen LogP contribution in [0.15, 0.2) is 0 Å². The van der Waals surface area contributed by atoms with E-state index in [1.807, 2.05) is 0 Å². The summed E-state index contributed by atoms with van der Waals surface area (Å²) < 4.78 is 4.95. The molecule has 0 unspecified atom stereocenters. The highest BCUT2D eigenvalue weighted by atomic mass is 16.5. The summed E-state index contributed by atoms with van der Waals surface area (Å²) in [5.41, 5.74) is 0. The Morgan fingerprint density at radius 2 is 2.40 bits per heavy atom. The van der Waals surface area contributed by atoms with E-state index in [9.17, 15) is 4.79 Å². The molecule has 2 atom stereocenters. The molecule has 1 aliphatic carbocycles. The highest BCUT2D eigenvalue weighted by molar-refractivity contribution is 5.74. The molecule has 0 radical (unpaired) electrons. The van der Waals surface area contributed by atoms with Gasteiger partial charge in [0.1, 0.15) is 0 Å². The molecule has 4 nitrogen and oxygen atoms in total. The van der Waals surface area contributed by atoms with Crippen LogP contribution in [-0.4, -0.2) is 35.5 Å². The smallest absolute Gasteiger partial charge is 0.309 e. The minimum absolute atomic E-state index is 0.0389. The Balaban J connectivity index is 2.08. The van der Waals surface area contributed by atoms with Gasteiger partial charge >= 0.3 is 5.97 Å². The molecule has 1 saturated carbocycles. The second-order valence-corrected chi connectivity index (χ2v) is 2.31. The summed E-state index contributed by atoms with van der Waals surface area (Å²) in [6.07, 6.45) is 0.444. The standard InChI is InChI=1S/C6H10O4/c7-1-2-10-5-3-4(5)6(8)9/h4-5,7H,1-3H2,(H,8,9)/t4-,5-/m1/s1. The van der Waals surface area contributed by atoms with Crippen molar-refractivity contribution in [2.24, 2.45) is 5.92 Å². The minimum atomic E-state index is -0.803. The predicted octanol–water partition coefficient (Wildman–Crippen LogP) is -0.532. The second kappa shape index (κ2) is 2.98. The number of carboxylic acid groups (broad SMARTS) is 1. The van der Waals surface area contributed by atoms with Crippen LogP contribution in [0, 0.1) is 5.92 Å². The minimum Gasteiger partial charge on any atom is -0.481 e. The Bertz CT molecular complexity index is 134. The molecule has 0 aromatic rings. The van der Waals surface area contributed by atoms with Crippen molar-refractivity contribution in [1.82, 2.24) is 0 Å². The number of aliphatic hydroxyl groups excluding tert-OH is 1. The maximum absolute atomic E-state index is 10.2. The molecule has 1 aliphatic rings. The van der Waals surface area contributed by atoms with Crippen molar-refractivity contribution in [1.29, 1.82) is 0 Å². The molecule has 4 heteroatoms. The van der Waals surface area contributed by atoms with Crippen LogP contribution < -0.4 is 0 Å². The van der Waals surface area contributed by atoms with Gasteiger partial charge in [0.25, 0.3) is 0 Å². The quantitative estimate of drug-likeness (QED) is 0.559. The lowest BCUT2D eigenvalue weighted by Gasteiger charge is -1.96. The zero-order valence-corrected chi connectivity index (χ0v) is 5.49. The SMILES string of the molecule is O=C(O)[C@@H]1C[C@H]1OCCO. The molecule has 1 fully saturated rings. The molecule has 58 valence electrons. The molecule has 0 aromatic carbocycles. The van der Waals surface area contributed by atoms with Gasteiger partial charge in [0.15, 0.2) is 0 Å². The largest absolute Gasteiger partial charge is 0.481 e. The van der Waals surface area contributed by atoms with Gasteiger partial charge in [-0.05, 0) is 6.42 Å². The molecule has 10 heavy (non-hydrogen) atoms. The van der Waals surface area contributed by atoms with Crippen molar-refractivity contribution < 1.29 is 19.7 Å². The van der Waals surface area contributed by atoms with Crippen LogP contribution in [0.2, 0.25) is 0 Å². The van der Waals surface area contributed by atoms with E-state index in [1.165, 1.54) is 0 Å². The number of hydrogen-bond acceptors (Lipinski definition) is 3. The van der Waals surface area contributed by atoms with Crippen molar-refractivity contribution >= 4 is 5.97 Å². The van der Waals surface area contributed by atoms with Gasteiger partial charge in [-0.15, -0.1) is 0 Å². The number of aliphatic hydroxyl groups is 1. The zero-order chi connectivity index (χ0) is 7.56. The second-order valence-electron chi connectivity index (χ2n) is 2.31. The van der Waals surface area contributed by atoms with Crippen LogP contribution in [-0.2, 0) is 9.53 Å². The van der Waals surface area contributed by atoms with Crippen molar-refractivity contribution in [3.63, 3.8) is 0 Å². The molecule has 0 aromatic heterocycles. The molecule has 0 saturated heterocycles. The van der Waals surface area contributed by atoms with Gasteiger partial charge in [-0.2, -0.15) is 0 Å². The Morgan fingerprint density at radius 3 is 2.80 bits per heavy atom.